The molecule has 3 aromatic rings. The summed E-state index contributed by atoms with van der Waals surface area (Å²) in [4.78, 5) is -1.08. The maximum Gasteiger partial charge on any atom is 0.247 e. The third-order valence-electron chi connectivity index (χ3n) is 4.09. The first-order chi connectivity index (χ1) is 12.9. The van der Waals surface area contributed by atoms with Crippen LogP contribution < -0.4 is 4.72 Å². The molecule has 0 aliphatic heterocycles. The zero-order chi connectivity index (χ0) is 19.4. The predicted molar refractivity (Wildman–Crippen MR) is 97.3 cm³/mol. The van der Waals surface area contributed by atoms with Crippen molar-refractivity contribution in [1.82, 2.24) is 4.72 Å². The normalized spacial score (nSPS) is 13.9. The molecule has 0 heterocycles. The largest absolute Gasteiger partial charge is 0.386 e. The Labute approximate surface area is 156 Å². The third-order valence-corrected chi connectivity index (χ3v) is 5.58. The molecular weight excluding hydrogens is 372 g/mol. The van der Waals surface area contributed by atoms with Crippen LogP contribution >= 0.6 is 0 Å². The maximum atomic E-state index is 14.0. The molecule has 0 aromatic heterocycles. The number of rotatable bonds is 6. The zero-order valence-electron chi connectivity index (χ0n) is 14.1. The third kappa shape index (κ3) is 4.21. The molecule has 0 spiro atoms. The number of aliphatic hydroxyl groups is 1. The van der Waals surface area contributed by atoms with Gasteiger partial charge in [0, 0.05) is 0 Å². The number of aliphatic hydroxyl groups excluding tert-OH is 1. The van der Waals surface area contributed by atoms with Crippen LogP contribution in [0.15, 0.2) is 83.8 Å². The number of nitrogens with one attached hydrogen (secondary N) is 1. The molecule has 0 amide bonds. The van der Waals surface area contributed by atoms with Gasteiger partial charge in [-0.05, 0) is 23.3 Å². The van der Waals surface area contributed by atoms with Gasteiger partial charge in [-0.3, -0.25) is 0 Å². The van der Waals surface area contributed by atoms with Crippen molar-refractivity contribution in [3.63, 3.8) is 0 Å². The van der Waals surface area contributed by atoms with Crippen LogP contribution in [0.3, 0.4) is 0 Å². The number of hydrogen-bond donors (Lipinski definition) is 2. The summed E-state index contributed by atoms with van der Waals surface area (Å²) in [5.74, 6) is -2.41. The van der Waals surface area contributed by atoms with E-state index in [0.717, 1.165) is 18.2 Å². The molecule has 0 saturated heterocycles. The monoisotopic (exact) mass is 389 g/mol. The maximum absolute atomic E-state index is 14.0. The van der Waals surface area contributed by atoms with Gasteiger partial charge in [-0.2, -0.15) is 0 Å². The van der Waals surface area contributed by atoms with Gasteiger partial charge >= 0.3 is 0 Å². The molecule has 4 nitrogen and oxygen atoms in total. The highest BCUT2D eigenvalue weighted by Crippen LogP contribution is 2.31. The van der Waals surface area contributed by atoms with E-state index in [1.54, 1.807) is 60.7 Å². The standard InChI is InChI=1S/C20H17F2NO3S/c21-16-12-7-13-17(22)20(16)27(25,26)23-18(14-8-3-1-4-9-14)19(24)15-10-5-2-6-11-15/h1-13,18-19,23-24H. The van der Waals surface area contributed by atoms with Crippen molar-refractivity contribution < 1.29 is 22.3 Å². The first-order valence-corrected chi connectivity index (χ1v) is 9.63. The summed E-state index contributed by atoms with van der Waals surface area (Å²) in [5.41, 5.74) is 0.914. The highest BCUT2D eigenvalue weighted by molar-refractivity contribution is 7.89. The fourth-order valence-electron chi connectivity index (χ4n) is 2.78. The van der Waals surface area contributed by atoms with E-state index in [9.17, 15) is 22.3 Å². The molecule has 0 fully saturated rings. The minimum Gasteiger partial charge on any atom is -0.386 e. The van der Waals surface area contributed by atoms with E-state index in [-0.39, 0.29) is 0 Å². The first-order valence-electron chi connectivity index (χ1n) is 8.14. The minimum absolute atomic E-state index is 0.453. The quantitative estimate of drug-likeness (QED) is 0.675. The van der Waals surface area contributed by atoms with Crippen molar-refractivity contribution in [3.8, 4) is 0 Å². The molecule has 7 heteroatoms. The van der Waals surface area contributed by atoms with Gasteiger partial charge in [0.05, 0.1) is 12.1 Å². The number of hydrogen-bond acceptors (Lipinski definition) is 3. The molecule has 0 radical (unpaired) electrons. The van der Waals surface area contributed by atoms with Crippen LogP contribution in [-0.4, -0.2) is 13.5 Å². The van der Waals surface area contributed by atoms with Gasteiger partial charge in [-0.25, -0.2) is 21.9 Å². The smallest absolute Gasteiger partial charge is 0.247 e. The van der Waals surface area contributed by atoms with E-state index < -0.39 is 38.7 Å². The van der Waals surface area contributed by atoms with E-state index in [1.807, 2.05) is 0 Å². The number of halogens is 2. The Morgan fingerprint density at radius 2 is 1.22 bits per heavy atom. The molecule has 0 aliphatic rings. The van der Waals surface area contributed by atoms with Crippen LogP contribution in [-0.2, 0) is 10.0 Å². The number of benzene rings is 3. The molecule has 0 aliphatic carbocycles. The van der Waals surface area contributed by atoms with Crippen molar-refractivity contribution in [3.05, 3.63) is 102 Å². The van der Waals surface area contributed by atoms with Crippen molar-refractivity contribution in [2.24, 2.45) is 0 Å². The lowest BCUT2D eigenvalue weighted by Gasteiger charge is -2.25. The van der Waals surface area contributed by atoms with Gasteiger partial charge in [0.1, 0.15) is 11.6 Å². The van der Waals surface area contributed by atoms with Gasteiger partial charge in [-0.1, -0.05) is 66.7 Å². The summed E-state index contributed by atoms with van der Waals surface area (Å²) in [7, 11) is -4.58. The van der Waals surface area contributed by atoms with Crippen LogP contribution in [0.4, 0.5) is 8.78 Å². The van der Waals surface area contributed by atoms with Crippen LogP contribution in [0.25, 0.3) is 0 Å². The second-order valence-electron chi connectivity index (χ2n) is 5.92. The van der Waals surface area contributed by atoms with Crippen molar-refractivity contribution >= 4 is 10.0 Å². The highest BCUT2D eigenvalue weighted by atomic mass is 32.2. The number of sulfonamides is 1. The molecule has 2 atom stereocenters. The van der Waals surface area contributed by atoms with E-state index in [2.05, 4.69) is 4.72 Å². The Hall–Kier alpha value is -2.61. The van der Waals surface area contributed by atoms with E-state index in [0.29, 0.717) is 11.1 Å². The van der Waals surface area contributed by atoms with Crippen molar-refractivity contribution in [2.75, 3.05) is 0 Å². The van der Waals surface area contributed by atoms with Gasteiger partial charge in [-0.15, -0.1) is 0 Å². The zero-order valence-corrected chi connectivity index (χ0v) is 14.9. The molecular formula is C20H17F2NO3S. The summed E-state index contributed by atoms with van der Waals surface area (Å²) in [6.45, 7) is 0. The van der Waals surface area contributed by atoms with Crippen LogP contribution in [0.1, 0.15) is 23.3 Å². The molecule has 140 valence electrons. The molecule has 3 aromatic carbocycles. The molecule has 0 bridgehead atoms. The molecule has 0 saturated carbocycles. The summed E-state index contributed by atoms with van der Waals surface area (Å²) in [6.07, 6.45) is -1.27. The lowest BCUT2D eigenvalue weighted by atomic mass is 9.97. The minimum atomic E-state index is -4.58. The van der Waals surface area contributed by atoms with E-state index >= 15 is 0 Å². The highest BCUT2D eigenvalue weighted by Gasteiger charge is 2.31. The van der Waals surface area contributed by atoms with Crippen molar-refractivity contribution in [1.29, 1.82) is 0 Å². The Morgan fingerprint density at radius 3 is 1.74 bits per heavy atom. The summed E-state index contributed by atoms with van der Waals surface area (Å²) in [6, 6.07) is 18.4. The average Bonchev–Trinajstić information content (AvgIpc) is 2.67. The van der Waals surface area contributed by atoms with E-state index in [4.69, 9.17) is 0 Å². The SMILES string of the molecule is O=S(=O)(NC(c1ccccc1)C(O)c1ccccc1)c1c(F)cccc1F. The first kappa shape index (κ1) is 19.2. The van der Waals surface area contributed by atoms with Crippen LogP contribution in [0, 0.1) is 11.6 Å². The Morgan fingerprint density at radius 1 is 0.741 bits per heavy atom. The summed E-state index contributed by atoms with van der Waals surface area (Å²) < 4.78 is 55.6. The molecule has 2 unspecified atom stereocenters. The lowest BCUT2D eigenvalue weighted by Crippen LogP contribution is -2.33. The van der Waals surface area contributed by atoms with Crippen molar-refractivity contribution in [2.45, 2.75) is 17.0 Å². The fourth-order valence-corrected chi connectivity index (χ4v) is 4.15. The second-order valence-corrected chi connectivity index (χ2v) is 7.57. The lowest BCUT2D eigenvalue weighted by molar-refractivity contribution is 0.139. The summed E-state index contributed by atoms with van der Waals surface area (Å²) in [5, 5.41) is 10.8. The van der Waals surface area contributed by atoms with E-state index in [1.165, 1.54) is 0 Å². The molecule has 3 rings (SSSR count). The topological polar surface area (TPSA) is 66.4 Å². The van der Waals surface area contributed by atoms with Gasteiger partial charge in [0.2, 0.25) is 10.0 Å². The van der Waals surface area contributed by atoms with Gasteiger partial charge < -0.3 is 5.11 Å². The Balaban J connectivity index is 2.04. The molecule has 27 heavy (non-hydrogen) atoms. The fraction of sp³-hybridized carbons (Fsp3) is 0.100. The second kappa shape index (κ2) is 7.96. The molecule has 2 N–H and O–H groups in total. The van der Waals surface area contributed by atoms with Gasteiger partial charge in [0.25, 0.3) is 0 Å². The van der Waals surface area contributed by atoms with Gasteiger partial charge in [0.15, 0.2) is 4.90 Å². The predicted octanol–water partition coefficient (Wildman–Crippen LogP) is 3.72. The Kier molecular flexibility index (Phi) is 5.65. The Bertz CT molecular complexity index is 992. The van der Waals surface area contributed by atoms with Crippen LogP contribution in [0.5, 0.6) is 0 Å². The average molecular weight is 389 g/mol. The van der Waals surface area contributed by atoms with Crippen LogP contribution in [0.2, 0.25) is 0 Å². The summed E-state index contributed by atoms with van der Waals surface area (Å²) >= 11 is 0.